The van der Waals surface area contributed by atoms with E-state index in [1.165, 1.54) is 5.69 Å². The molecule has 2 aromatic rings. The first-order valence-electron chi connectivity index (χ1n) is 6.54. The Morgan fingerprint density at radius 1 is 1.42 bits per heavy atom. The zero-order valence-electron chi connectivity index (χ0n) is 12.1. The maximum atomic E-state index is 4.49. The van der Waals surface area contributed by atoms with Gasteiger partial charge in [-0.25, -0.2) is 9.97 Å². The van der Waals surface area contributed by atoms with Crippen molar-refractivity contribution in [3.05, 3.63) is 36.4 Å². The van der Waals surface area contributed by atoms with Crippen LogP contribution < -0.4 is 0 Å². The molecule has 19 heavy (non-hydrogen) atoms. The van der Waals surface area contributed by atoms with Crippen molar-refractivity contribution in [2.45, 2.75) is 44.4 Å². The van der Waals surface area contributed by atoms with Gasteiger partial charge in [-0.05, 0) is 12.7 Å². The van der Waals surface area contributed by atoms with Gasteiger partial charge in [0, 0.05) is 35.3 Å². The van der Waals surface area contributed by atoms with Crippen LogP contribution in [0.3, 0.4) is 0 Å². The standard InChI is InChI=1S/C14H22N4S/c1-14(2,3)13-8-18(10-17-13)6-5-12(19-4)11-7-15-9-16-11/h7-10,12H,5-6H2,1-4H3,(H,15,16). The van der Waals surface area contributed by atoms with Crippen LogP contribution in [0.5, 0.6) is 0 Å². The van der Waals surface area contributed by atoms with Gasteiger partial charge < -0.3 is 9.55 Å². The molecule has 0 aliphatic carbocycles. The Morgan fingerprint density at radius 3 is 2.74 bits per heavy atom. The summed E-state index contributed by atoms with van der Waals surface area (Å²) in [6.07, 6.45) is 11.0. The number of nitrogens with one attached hydrogen (secondary N) is 1. The molecule has 0 aliphatic rings. The van der Waals surface area contributed by atoms with E-state index < -0.39 is 0 Å². The van der Waals surface area contributed by atoms with E-state index in [4.69, 9.17) is 0 Å². The van der Waals surface area contributed by atoms with Crippen molar-refractivity contribution in [2.75, 3.05) is 6.26 Å². The molecule has 0 amide bonds. The van der Waals surface area contributed by atoms with E-state index >= 15 is 0 Å². The number of aromatic amines is 1. The number of H-pyrrole nitrogens is 1. The predicted molar refractivity (Wildman–Crippen MR) is 80.4 cm³/mol. The highest BCUT2D eigenvalue weighted by Crippen LogP contribution is 2.29. The van der Waals surface area contributed by atoms with Crippen LogP contribution in [0.25, 0.3) is 0 Å². The normalized spacial score (nSPS) is 13.7. The molecule has 0 aliphatic heterocycles. The third kappa shape index (κ3) is 3.62. The maximum Gasteiger partial charge on any atom is 0.0949 e. The molecule has 2 rings (SSSR count). The summed E-state index contributed by atoms with van der Waals surface area (Å²) in [6, 6.07) is 0. The number of aromatic nitrogens is 4. The van der Waals surface area contributed by atoms with Gasteiger partial charge in [0.2, 0.25) is 0 Å². The topological polar surface area (TPSA) is 46.5 Å². The highest BCUT2D eigenvalue weighted by Gasteiger charge is 2.17. The number of nitrogens with zero attached hydrogens (tertiary/aromatic N) is 3. The summed E-state index contributed by atoms with van der Waals surface area (Å²) < 4.78 is 2.18. The number of thioether (sulfide) groups is 1. The lowest BCUT2D eigenvalue weighted by molar-refractivity contribution is 0.568. The van der Waals surface area contributed by atoms with Gasteiger partial charge in [-0.15, -0.1) is 0 Å². The minimum atomic E-state index is 0.119. The molecule has 0 bridgehead atoms. The molecular formula is C14H22N4S. The second kappa shape index (κ2) is 5.82. The molecule has 0 saturated heterocycles. The Morgan fingerprint density at radius 2 is 2.21 bits per heavy atom. The number of aryl methyl sites for hydroxylation is 1. The highest BCUT2D eigenvalue weighted by atomic mass is 32.2. The number of hydrogen-bond acceptors (Lipinski definition) is 3. The zero-order valence-corrected chi connectivity index (χ0v) is 12.9. The van der Waals surface area contributed by atoms with Gasteiger partial charge in [0.1, 0.15) is 0 Å². The fourth-order valence-corrected chi connectivity index (χ4v) is 2.70. The van der Waals surface area contributed by atoms with Crippen molar-refractivity contribution in [3.63, 3.8) is 0 Å². The molecule has 0 aromatic carbocycles. The third-order valence-corrected chi connectivity index (χ3v) is 4.26. The number of hydrogen-bond donors (Lipinski definition) is 1. The fraction of sp³-hybridized carbons (Fsp3) is 0.571. The van der Waals surface area contributed by atoms with E-state index in [0.717, 1.165) is 18.7 Å². The quantitative estimate of drug-likeness (QED) is 0.912. The van der Waals surface area contributed by atoms with E-state index in [9.17, 15) is 0 Å². The van der Waals surface area contributed by atoms with E-state index in [1.807, 2.05) is 24.3 Å². The summed E-state index contributed by atoms with van der Waals surface area (Å²) in [6.45, 7) is 7.55. The first-order chi connectivity index (χ1) is 9.00. The second-order valence-electron chi connectivity index (χ2n) is 5.77. The van der Waals surface area contributed by atoms with Gasteiger partial charge in [-0.3, -0.25) is 0 Å². The minimum Gasteiger partial charge on any atom is -0.348 e. The van der Waals surface area contributed by atoms with E-state index in [-0.39, 0.29) is 5.41 Å². The second-order valence-corrected chi connectivity index (χ2v) is 6.81. The molecule has 2 aromatic heterocycles. The zero-order chi connectivity index (χ0) is 13.9. The molecule has 1 N–H and O–H groups in total. The lowest BCUT2D eigenvalue weighted by atomic mass is 9.93. The van der Waals surface area contributed by atoms with Crippen molar-refractivity contribution in [1.29, 1.82) is 0 Å². The van der Waals surface area contributed by atoms with Crippen LogP contribution in [-0.4, -0.2) is 25.8 Å². The van der Waals surface area contributed by atoms with Crippen molar-refractivity contribution >= 4 is 11.8 Å². The first-order valence-corrected chi connectivity index (χ1v) is 7.83. The predicted octanol–water partition coefficient (Wildman–Crippen LogP) is 3.40. The van der Waals surface area contributed by atoms with Crippen LogP contribution in [0.4, 0.5) is 0 Å². The molecule has 1 unspecified atom stereocenters. The lowest BCUT2D eigenvalue weighted by Crippen LogP contribution is -2.11. The van der Waals surface area contributed by atoms with Crippen molar-refractivity contribution in [2.24, 2.45) is 0 Å². The molecule has 0 radical (unpaired) electrons. The largest absolute Gasteiger partial charge is 0.348 e. The molecule has 0 saturated carbocycles. The molecular weight excluding hydrogens is 256 g/mol. The monoisotopic (exact) mass is 278 g/mol. The van der Waals surface area contributed by atoms with Crippen LogP contribution in [0.1, 0.15) is 43.8 Å². The van der Waals surface area contributed by atoms with Gasteiger partial charge in [-0.2, -0.15) is 11.8 Å². The first kappa shape index (κ1) is 14.2. The fourth-order valence-electron chi connectivity index (χ4n) is 1.98. The van der Waals surface area contributed by atoms with Crippen molar-refractivity contribution < 1.29 is 0 Å². The summed E-state index contributed by atoms with van der Waals surface area (Å²) in [5, 5.41) is 0.461. The summed E-state index contributed by atoms with van der Waals surface area (Å²) in [7, 11) is 0. The van der Waals surface area contributed by atoms with Gasteiger partial charge in [-0.1, -0.05) is 20.8 Å². The molecule has 0 spiro atoms. The average molecular weight is 278 g/mol. The van der Waals surface area contributed by atoms with Gasteiger partial charge in [0.05, 0.1) is 18.3 Å². The van der Waals surface area contributed by atoms with Gasteiger partial charge in [0.15, 0.2) is 0 Å². The van der Waals surface area contributed by atoms with E-state index in [1.54, 1.807) is 6.33 Å². The Labute approximate surface area is 119 Å². The molecule has 1 atom stereocenters. The van der Waals surface area contributed by atoms with E-state index in [0.29, 0.717) is 5.25 Å². The Balaban J connectivity index is 1.96. The van der Waals surface area contributed by atoms with Crippen molar-refractivity contribution in [1.82, 2.24) is 19.5 Å². The summed E-state index contributed by atoms with van der Waals surface area (Å²) >= 11 is 1.85. The highest BCUT2D eigenvalue weighted by molar-refractivity contribution is 7.98. The van der Waals surface area contributed by atoms with Crippen LogP contribution in [0.2, 0.25) is 0 Å². The Kier molecular flexibility index (Phi) is 4.34. The third-order valence-electron chi connectivity index (χ3n) is 3.20. The summed E-state index contributed by atoms with van der Waals surface area (Å²) in [5.74, 6) is 0. The Bertz CT molecular complexity index is 496. The van der Waals surface area contributed by atoms with Crippen LogP contribution in [0.15, 0.2) is 25.0 Å². The van der Waals surface area contributed by atoms with E-state index in [2.05, 4.69) is 52.7 Å². The van der Waals surface area contributed by atoms with Gasteiger partial charge in [0.25, 0.3) is 0 Å². The smallest absolute Gasteiger partial charge is 0.0949 e. The SMILES string of the molecule is CSC(CCn1cnc(C(C)(C)C)c1)c1cnc[nH]1. The Hall–Kier alpha value is -1.23. The molecule has 104 valence electrons. The average Bonchev–Trinajstić information content (AvgIpc) is 2.99. The summed E-state index contributed by atoms with van der Waals surface area (Å²) in [4.78, 5) is 11.8. The van der Waals surface area contributed by atoms with Crippen LogP contribution in [0, 0.1) is 0 Å². The van der Waals surface area contributed by atoms with Crippen LogP contribution in [-0.2, 0) is 12.0 Å². The lowest BCUT2D eigenvalue weighted by Gasteiger charge is -2.15. The van der Waals surface area contributed by atoms with Crippen molar-refractivity contribution in [3.8, 4) is 0 Å². The number of rotatable bonds is 5. The minimum absolute atomic E-state index is 0.119. The number of imidazole rings is 2. The molecule has 5 heteroatoms. The summed E-state index contributed by atoms with van der Waals surface area (Å²) in [5.41, 5.74) is 2.46. The van der Waals surface area contributed by atoms with Gasteiger partial charge >= 0.3 is 0 Å². The molecule has 2 heterocycles. The van der Waals surface area contributed by atoms with Crippen LogP contribution >= 0.6 is 11.8 Å². The maximum absolute atomic E-state index is 4.49. The molecule has 4 nitrogen and oxygen atoms in total. The molecule has 0 fully saturated rings.